The van der Waals surface area contributed by atoms with Gasteiger partial charge in [0.15, 0.2) is 6.29 Å². The van der Waals surface area contributed by atoms with Gasteiger partial charge in [-0.1, -0.05) is 30.3 Å². The second-order valence-corrected chi connectivity index (χ2v) is 6.59. The van der Waals surface area contributed by atoms with Gasteiger partial charge in [-0.05, 0) is 26.0 Å². The maximum Gasteiger partial charge on any atom is 0.374 e. The molecular formula is C20H23NO6. The topological polar surface area (TPSA) is 87.0 Å². The van der Waals surface area contributed by atoms with E-state index in [1.807, 2.05) is 30.3 Å². The number of hydrogen-bond acceptors (Lipinski definition) is 6. The first-order chi connectivity index (χ1) is 13.0. The van der Waals surface area contributed by atoms with Crippen LogP contribution in [0, 0.1) is 5.41 Å². The van der Waals surface area contributed by atoms with E-state index in [-0.39, 0.29) is 38.0 Å². The third kappa shape index (κ3) is 4.56. The first-order valence-electron chi connectivity index (χ1n) is 8.84. The average molecular weight is 373 g/mol. The van der Waals surface area contributed by atoms with Crippen molar-refractivity contribution < 1.29 is 28.2 Å². The number of nitrogens with one attached hydrogen (secondary N) is 1. The zero-order valence-corrected chi connectivity index (χ0v) is 15.4. The molecule has 0 atom stereocenters. The lowest BCUT2D eigenvalue weighted by atomic mass is 9.90. The van der Waals surface area contributed by atoms with E-state index in [9.17, 15) is 9.59 Å². The molecule has 1 aromatic heterocycles. The average Bonchev–Trinajstić information content (AvgIpc) is 3.17. The highest BCUT2D eigenvalue weighted by Crippen LogP contribution is 2.31. The van der Waals surface area contributed by atoms with Gasteiger partial charge in [0.2, 0.25) is 11.7 Å². The molecule has 2 heterocycles. The molecule has 0 spiro atoms. The Bertz CT molecular complexity index is 777. The fraction of sp³-hybridized carbons (Fsp3) is 0.400. The molecule has 1 saturated heterocycles. The number of benzene rings is 1. The largest absolute Gasteiger partial charge is 0.460 e. The third-order valence-electron chi connectivity index (χ3n) is 4.29. The molecule has 1 amide bonds. The van der Waals surface area contributed by atoms with Gasteiger partial charge >= 0.3 is 5.97 Å². The van der Waals surface area contributed by atoms with E-state index in [2.05, 4.69) is 5.32 Å². The smallest absolute Gasteiger partial charge is 0.374 e. The quantitative estimate of drug-likeness (QED) is 0.784. The van der Waals surface area contributed by atoms with Gasteiger partial charge in [-0.2, -0.15) is 0 Å². The molecule has 144 valence electrons. The fourth-order valence-electron chi connectivity index (χ4n) is 2.71. The van der Waals surface area contributed by atoms with Crippen LogP contribution >= 0.6 is 0 Å². The van der Waals surface area contributed by atoms with Crippen LogP contribution in [0.3, 0.4) is 0 Å². The van der Waals surface area contributed by atoms with Crippen LogP contribution in [0.2, 0.25) is 0 Å². The molecule has 1 aromatic carbocycles. The van der Waals surface area contributed by atoms with Gasteiger partial charge in [0.25, 0.3) is 0 Å². The van der Waals surface area contributed by atoms with Crippen molar-refractivity contribution in [1.29, 1.82) is 0 Å². The number of furan rings is 1. The summed E-state index contributed by atoms with van der Waals surface area (Å²) >= 11 is 0. The summed E-state index contributed by atoms with van der Waals surface area (Å²) in [5.41, 5.74) is 0.115. The molecule has 27 heavy (non-hydrogen) atoms. The van der Waals surface area contributed by atoms with Gasteiger partial charge in [-0.25, -0.2) is 4.79 Å². The van der Waals surface area contributed by atoms with Crippen LogP contribution < -0.4 is 5.32 Å². The summed E-state index contributed by atoms with van der Waals surface area (Å²) < 4.78 is 21.8. The normalized spacial score (nSPS) is 22.2. The van der Waals surface area contributed by atoms with Crippen molar-refractivity contribution in [3.8, 4) is 0 Å². The van der Waals surface area contributed by atoms with E-state index in [0.717, 1.165) is 5.56 Å². The Morgan fingerprint density at radius 2 is 1.85 bits per heavy atom. The van der Waals surface area contributed by atoms with Gasteiger partial charge in [-0.15, -0.1) is 0 Å². The maximum atomic E-state index is 12.6. The minimum atomic E-state index is -0.804. The summed E-state index contributed by atoms with van der Waals surface area (Å²) in [4.78, 5) is 24.2. The zero-order valence-electron chi connectivity index (χ0n) is 15.4. The van der Waals surface area contributed by atoms with Gasteiger partial charge in [0, 0.05) is 5.56 Å². The van der Waals surface area contributed by atoms with Gasteiger partial charge in [-0.3, -0.25) is 4.79 Å². The molecule has 1 fully saturated rings. The van der Waals surface area contributed by atoms with Crippen LogP contribution in [-0.2, 0) is 25.5 Å². The number of ether oxygens (including phenoxy) is 3. The number of carbonyl (C=O) groups is 2. The first-order valence-corrected chi connectivity index (χ1v) is 8.84. The third-order valence-corrected chi connectivity index (χ3v) is 4.29. The summed E-state index contributed by atoms with van der Waals surface area (Å²) in [5, 5.41) is 2.80. The Morgan fingerprint density at radius 3 is 2.52 bits per heavy atom. The van der Waals surface area contributed by atoms with Crippen LogP contribution in [0.5, 0.6) is 0 Å². The summed E-state index contributed by atoms with van der Waals surface area (Å²) in [6, 6.07) is 12.8. The van der Waals surface area contributed by atoms with E-state index < -0.39 is 17.7 Å². The van der Waals surface area contributed by atoms with Crippen molar-refractivity contribution in [2.24, 2.45) is 5.41 Å². The molecule has 0 unspecified atom stereocenters. The second kappa shape index (κ2) is 8.37. The van der Waals surface area contributed by atoms with Crippen molar-refractivity contribution in [2.75, 3.05) is 19.8 Å². The maximum absolute atomic E-state index is 12.6. The standard InChI is InChI=1S/C20H23NO6/c1-3-24-17(22)16-10-9-15(27-16)11-21-19(23)20(2)12-25-18(26-13-20)14-7-5-4-6-8-14/h4-10,18H,3,11-13H2,1-2H3,(H,21,23). The second-order valence-electron chi connectivity index (χ2n) is 6.59. The van der Waals surface area contributed by atoms with Crippen LogP contribution in [0.15, 0.2) is 46.9 Å². The lowest BCUT2D eigenvalue weighted by Crippen LogP contribution is -2.48. The summed E-state index contributed by atoms with van der Waals surface area (Å²) in [6.45, 7) is 4.42. The van der Waals surface area contributed by atoms with Crippen molar-refractivity contribution in [2.45, 2.75) is 26.7 Å². The highest BCUT2D eigenvalue weighted by molar-refractivity contribution is 5.86. The number of rotatable bonds is 6. The molecule has 0 bridgehead atoms. The molecule has 0 aliphatic carbocycles. The molecule has 1 N–H and O–H groups in total. The molecular weight excluding hydrogens is 350 g/mol. The molecule has 1 aliphatic heterocycles. The lowest BCUT2D eigenvalue weighted by Gasteiger charge is -2.36. The molecule has 0 radical (unpaired) electrons. The number of esters is 1. The zero-order chi connectivity index (χ0) is 19.3. The fourth-order valence-corrected chi connectivity index (χ4v) is 2.71. The SMILES string of the molecule is CCOC(=O)c1ccc(CNC(=O)C2(C)COC(c3ccccc3)OC2)o1. The van der Waals surface area contributed by atoms with E-state index >= 15 is 0 Å². The van der Waals surface area contributed by atoms with Gasteiger partial charge in [0.1, 0.15) is 5.76 Å². The highest BCUT2D eigenvalue weighted by atomic mass is 16.7. The number of hydrogen-bond donors (Lipinski definition) is 1. The number of amides is 1. The van der Waals surface area contributed by atoms with E-state index in [0.29, 0.717) is 5.76 Å². The Labute approximate surface area is 157 Å². The van der Waals surface area contributed by atoms with Gasteiger partial charge in [0.05, 0.1) is 31.8 Å². The van der Waals surface area contributed by atoms with Crippen molar-refractivity contribution in [3.63, 3.8) is 0 Å². The van der Waals surface area contributed by atoms with Crippen LogP contribution in [0.1, 0.15) is 42.0 Å². The Hall–Kier alpha value is -2.64. The first kappa shape index (κ1) is 19.1. The van der Waals surface area contributed by atoms with Gasteiger partial charge < -0.3 is 23.9 Å². The Balaban J connectivity index is 1.52. The van der Waals surface area contributed by atoms with Crippen molar-refractivity contribution in [1.82, 2.24) is 5.32 Å². The minimum Gasteiger partial charge on any atom is -0.460 e. The minimum absolute atomic E-state index is 0.113. The Morgan fingerprint density at radius 1 is 1.15 bits per heavy atom. The molecule has 0 saturated carbocycles. The van der Waals surface area contributed by atoms with Crippen LogP contribution in [0.25, 0.3) is 0 Å². The van der Waals surface area contributed by atoms with Crippen molar-refractivity contribution >= 4 is 11.9 Å². The highest BCUT2D eigenvalue weighted by Gasteiger charge is 2.39. The predicted molar refractivity (Wildman–Crippen MR) is 95.7 cm³/mol. The molecule has 7 nitrogen and oxygen atoms in total. The van der Waals surface area contributed by atoms with Crippen LogP contribution in [0.4, 0.5) is 0 Å². The molecule has 2 aromatic rings. The molecule has 1 aliphatic rings. The molecule has 3 rings (SSSR count). The van der Waals surface area contributed by atoms with Crippen LogP contribution in [-0.4, -0.2) is 31.7 Å². The lowest BCUT2D eigenvalue weighted by molar-refractivity contribution is -0.228. The summed E-state index contributed by atoms with van der Waals surface area (Å²) in [6.07, 6.45) is -0.468. The summed E-state index contributed by atoms with van der Waals surface area (Å²) in [7, 11) is 0. The van der Waals surface area contributed by atoms with E-state index in [1.54, 1.807) is 19.9 Å². The van der Waals surface area contributed by atoms with E-state index in [4.69, 9.17) is 18.6 Å². The number of carbonyl (C=O) groups excluding carboxylic acids is 2. The monoisotopic (exact) mass is 373 g/mol. The van der Waals surface area contributed by atoms with E-state index in [1.165, 1.54) is 6.07 Å². The summed E-state index contributed by atoms with van der Waals surface area (Å²) in [5.74, 6) is -0.150. The van der Waals surface area contributed by atoms with Crippen molar-refractivity contribution in [3.05, 3.63) is 59.5 Å². The molecule has 7 heteroatoms. The Kier molecular flexibility index (Phi) is 5.93. The predicted octanol–water partition coefficient (Wildman–Crippen LogP) is 2.82.